The Labute approximate surface area is 126 Å². The highest BCUT2D eigenvalue weighted by molar-refractivity contribution is 9.10. The summed E-state index contributed by atoms with van der Waals surface area (Å²) >= 11 is 3.18. The van der Waals surface area contributed by atoms with E-state index in [2.05, 4.69) is 36.5 Å². The molecule has 0 aliphatic rings. The van der Waals surface area contributed by atoms with Crippen LogP contribution in [0, 0.1) is 10.1 Å². The first-order chi connectivity index (χ1) is 9.95. The van der Waals surface area contributed by atoms with Crippen molar-refractivity contribution < 1.29 is 14.8 Å². The summed E-state index contributed by atoms with van der Waals surface area (Å²) < 4.78 is 1.63. The van der Waals surface area contributed by atoms with Crippen molar-refractivity contribution >= 4 is 33.4 Å². The molecular weight excluding hydrogens is 348 g/mol. The predicted molar refractivity (Wildman–Crippen MR) is 73.6 cm³/mol. The van der Waals surface area contributed by atoms with Crippen LogP contribution in [-0.4, -0.2) is 36.0 Å². The average Bonchev–Trinajstić information content (AvgIpc) is 2.83. The number of hydrogen-bond acceptors (Lipinski definition) is 7. The van der Waals surface area contributed by atoms with Gasteiger partial charge < -0.3 is 10.4 Å². The van der Waals surface area contributed by atoms with Crippen LogP contribution in [-0.2, 0) is 17.9 Å². The van der Waals surface area contributed by atoms with Gasteiger partial charge in [0.1, 0.15) is 24.3 Å². The lowest BCUT2D eigenvalue weighted by Crippen LogP contribution is -2.09. The second-order valence-corrected chi connectivity index (χ2v) is 4.79. The van der Waals surface area contributed by atoms with E-state index in [4.69, 9.17) is 5.11 Å². The molecule has 11 heteroatoms. The Balaban J connectivity index is 2.01. The van der Waals surface area contributed by atoms with Crippen molar-refractivity contribution in [1.82, 2.24) is 20.0 Å². The molecular formula is C10H9BrN6O4. The summed E-state index contributed by atoms with van der Waals surface area (Å²) in [6.07, 6.45) is 2.62. The molecule has 0 amide bonds. The van der Waals surface area contributed by atoms with Gasteiger partial charge in [-0.05, 0) is 15.9 Å². The number of rotatable bonds is 6. The van der Waals surface area contributed by atoms with E-state index in [1.165, 1.54) is 16.9 Å². The van der Waals surface area contributed by atoms with Crippen LogP contribution in [0.25, 0.3) is 0 Å². The van der Waals surface area contributed by atoms with Gasteiger partial charge in [-0.3, -0.25) is 14.9 Å². The minimum Gasteiger partial charge on any atom is -0.480 e. The van der Waals surface area contributed by atoms with Crippen LogP contribution in [0.1, 0.15) is 5.69 Å². The predicted octanol–water partition coefficient (Wildman–Crippen LogP) is 1.04. The molecule has 10 nitrogen and oxygen atoms in total. The molecule has 0 bridgehead atoms. The molecule has 0 saturated heterocycles. The lowest BCUT2D eigenvalue weighted by molar-refractivity contribution is -0.385. The molecule has 110 valence electrons. The second kappa shape index (κ2) is 6.26. The number of aliphatic carboxylic acids is 1. The van der Waals surface area contributed by atoms with Gasteiger partial charge in [-0.15, -0.1) is 5.10 Å². The monoisotopic (exact) mass is 356 g/mol. The maximum Gasteiger partial charge on any atom is 0.325 e. The van der Waals surface area contributed by atoms with Gasteiger partial charge >= 0.3 is 5.97 Å². The largest absolute Gasteiger partial charge is 0.480 e. The van der Waals surface area contributed by atoms with Crippen LogP contribution < -0.4 is 5.32 Å². The number of nitrogens with one attached hydrogen (secondary N) is 1. The molecule has 0 aliphatic carbocycles. The molecule has 2 aromatic heterocycles. The summed E-state index contributed by atoms with van der Waals surface area (Å²) in [7, 11) is 0. The van der Waals surface area contributed by atoms with Crippen molar-refractivity contribution in [3.05, 3.63) is 38.7 Å². The second-order valence-electron chi connectivity index (χ2n) is 3.94. The Hall–Kier alpha value is -2.56. The van der Waals surface area contributed by atoms with Crippen molar-refractivity contribution in [3.63, 3.8) is 0 Å². The number of carboxylic acids is 1. The maximum absolute atomic E-state index is 10.6. The van der Waals surface area contributed by atoms with E-state index < -0.39 is 10.9 Å². The van der Waals surface area contributed by atoms with Gasteiger partial charge in [-0.25, -0.2) is 9.67 Å². The van der Waals surface area contributed by atoms with Crippen LogP contribution in [0.4, 0.5) is 11.5 Å². The van der Waals surface area contributed by atoms with Gasteiger partial charge in [-0.2, -0.15) is 0 Å². The zero-order valence-electron chi connectivity index (χ0n) is 10.4. The highest BCUT2D eigenvalue weighted by Gasteiger charge is 2.11. The molecule has 0 spiro atoms. The lowest BCUT2D eigenvalue weighted by Gasteiger charge is -2.04. The molecule has 2 N–H and O–H groups in total. The van der Waals surface area contributed by atoms with Crippen LogP contribution in [0.5, 0.6) is 0 Å². The Kier molecular flexibility index (Phi) is 4.42. The number of nitro groups is 1. The van der Waals surface area contributed by atoms with E-state index in [1.54, 1.807) is 0 Å². The zero-order chi connectivity index (χ0) is 15.4. The Morgan fingerprint density at radius 3 is 2.95 bits per heavy atom. The molecule has 0 radical (unpaired) electrons. The van der Waals surface area contributed by atoms with Gasteiger partial charge in [0.15, 0.2) is 0 Å². The number of halogens is 1. The molecule has 2 heterocycles. The van der Waals surface area contributed by atoms with Crippen molar-refractivity contribution in [2.45, 2.75) is 13.1 Å². The first-order valence-corrected chi connectivity index (χ1v) is 6.39. The van der Waals surface area contributed by atoms with Crippen LogP contribution in [0.3, 0.4) is 0 Å². The summed E-state index contributed by atoms with van der Waals surface area (Å²) in [5.41, 5.74) is 0.392. The number of hydrogen-bond donors (Lipinski definition) is 2. The molecule has 0 atom stereocenters. The standard InChI is InChI=1S/C10H9BrN6O4/c11-8-1-7(17(20)21)3-13-10(8)12-2-6-4-16(15-14-6)5-9(18)19/h1,3-4H,2,5H2,(H,12,13)(H,18,19). The van der Waals surface area contributed by atoms with Crippen molar-refractivity contribution in [2.24, 2.45) is 0 Å². The van der Waals surface area contributed by atoms with Gasteiger partial charge in [0, 0.05) is 6.07 Å². The third kappa shape index (κ3) is 3.95. The van der Waals surface area contributed by atoms with Gasteiger partial charge in [-0.1, -0.05) is 5.21 Å². The number of pyridine rings is 1. The Bertz CT molecular complexity index is 688. The minimum atomic E-state index is -1.01. The molecule has 21 heavy (non-hydrogen) atoms. The number of anilines is 1. The van der Waals surface area contributed by atoms with E-state index in [9.17, 15) is 14.9 Å². The average molecular weight is 357 g/mol. The SMILES string of the molecule is O=C(O)Cn1cc(CNc2ncc([N+](=O)[O-])cc2Br)nn1. The fraction of sp³-hybridized carbons (Fsp3) is 0.200. The molecule has 0 unspecified atom stereocenters. The molecule has 2 aromatic rings. The van der Waals surface area contributed by atoms with Crippen molar-refractivity contribution in [3.8, 4) is 0 Å². The van der Waals surface area contributed by atoms with E-state index in [0.29, 0.717) is 16.0 Å². The molecule has 0 aliphatic heterocycles. The smallest absolute Gasteiger partial charge is 0.325 e. The van der Waals surface area contributed by atoms with Crippen LogP contribution in [0.15, 0.2) is 22.9 Å². The zero-order valence-corrected chi connectivity index (χ0v) is 12.0. The summed E-state index contributed by atoms with van der Waals surface area (Å²) in [6.45, 7) is -0.0183. The minimum absolute atomic E-state index is 0.125. The highest BCUT2D eigenvalue weighted by atomic mass is 79.9. The molecule has 0 saturated carbocycles. The third-order valence-corrected chi connectivity index (χ3v) is 2.96. The number of carboxylic acid groups (broad SMARTS) is 1. The summed E-state index contributed by atoms with van der Waals surface area (Å²) in [5, 5.41) is 29.6. The lowest BCUT2D eigenvalue weighted by atomic mass is 10.4. The topological polar surface area (TPSA) is 136 Å². The van der Waals surface area contributed by atoms with E-state index in [0.717, 1.165) is 6.20 Å². The maximum atomic E-state index is 10.6. The molecule has 2 rings (SSSR count). The third-order valence-electron chi connectivity index (χ3n) is 2.36. The molecule has 0 aromatic carbocycles. The van der Waals surface area contributed by atoms with E-state index in [-0.39, 0.29) is 18.8 Å². The van der Waals surface area contributed by atoms with Gasteiger partial charge in [0.2, 0.25) is 0 Å². The Morgan fingerprint density at radius 1 is 1.57 bits per heavy atom. The number of nitrogens with zero attached hydrogens (tertiary/aromatic N) is 5. The van der Waals surface area contributed by atoms with Crippen LogP contribution >= 0.6 is 15.9 Å². The summed E-state index contributed by atoms with van der Waals surface area (Å²) in [5.74, 6) is -0.604. The normalized spacial score (nSPS) is 10.3. The van der Waals surface area contributed by atoms with E-state index >= 15 is 0 Å². The van der Waals surface area contributed by atoms with Crippen molar-refractivity contribution in [1.29, 1.82) is 0 Å². The summed E-state index contributed by atoms with van der Waals surface area (Å²) in [4.78, 5) is 24.5. The van der Waals surface area contributed by atoms with E-state index in [1.807, 2.05) is 0 Å². The summed E-state index contributed by atoms with van der Waals surface area (Å²) in [6, 6.07) is 1.33. The first-order valence-electron chi connectivity index (χ1n) is 5.60. The number of aromatic nitrogens is 4. The fourth-order valence-corrected chi connectivity index (χ4v) is 1.94. The van der Waals surface area contributed by atoms with Gasteiger partial charge in [0.25, 0.3) is 5.69 Å². The number of carbonyl (C=O) groups is 1. The first kappa shape index (κ1) is 14.8. The molecule has 0 fully saturated rings. The quantitative estimate of drug-likeness (QED) is 0.578. The van der Waals surface area contributed by atoms with Gasteiger partial charge in [0.05, 0.1) is 22.1 Å². The van der Waals surface area contributed by atoms with Crippen molar-refractivity contribution in [2.75, 3.05) is 5.32 Å². The Morgan fingerprint density at radius 2 is 2.33 bits per heavy atom. The highest BCUT2D eigenvalue weighted by Crippen LogP contribution is 2.24. The van der Waals surface area contributed by atoms with Crippen LogP contribution in [0.2, 0.25) is 0 Å². The fourth-order valence-electron chi connectivity index (χ4n) is 1.47.